The number of amides is 1. The highest BCUT2D eigenvalue weighted by atomic mass is 16.3. The van der Waals surface area contributed by atoms with Crippen LogP contribution >= 0.6 is 0 Å². The standard InChI is InChI=1S/C13H27NO2/c1-4-7-8-9-12(16)14-10-13(5-2,6-3)11-15/h15H,4-11H2,1-3H3,(H,14,16). The lowest BCUT2D eigenvalue weighted by Gasteiger charge is -2.29. The minimum atomic E-state index is -0.125. The van der Waals surface area contributed by atoms with Crippen molar-refractivity contribution >= 4 is 5.91 Å². The number of aliphatic hydroxyl groups is 1. The smallest absolute Gasteiger partial charge is 0.220 e. The van der Waals surface area contributed by atoms with E-state index in [4.69, 9.17) is 0 Å². The molecule has 0 fully saturated rings. The lowest BCUT2D eigenvalue weighted by molar-refractivity contribution is -0.121. The molecule has 16 heavy (non-hydrogen) atoms. The first-order valence-corrected chi connectivity index (χ1v) is 6.51. The third kappa shape index (κ3) is 5.50. The summed E-state index contributed by atoms with van der Waals surface area (Å²) >= 11 is 0. The zero-order chi connectivity index (χ0) is 12.4. The molecule has 2 N–H and O–H groups in total. The van der Waals surface area contributed by atoms with E-state index in [0.29, 0.717) is 13.0 Å². The SMILES string of the molecule is CCCCCC(=O)NCC(CC)(CC)CO. The summed E-state index contributed by atoms with van der Waals surface area (Å²) < 4.78 is 0. The van der Waals surface area contributed by atoms with E-state index in [1.807, 2.05) is 0 Å². The van der Waals surface area contributed by atoms with E-state index in [0.717, 1.165) is 32.1 Å². The Hall–Kier alpha value is -0.570. The molecule has 0 aromatic carbocycles. The Kier molecular flexibility index (Phi) is 8.26. The Bertz CT molecular complexity index is 180. The summed E-state index contributed by atoms with van der Waals surface area (Å²) in [7, 11) is 0. The van der Waals surface area contributed by atoms with Gasteiger partial charge in [0.1, 0.15) is 0 Å². The molecule has 0 heterocycles. The monoisotopic (exact) mass is 229 g/mol. The predicted molar refractivity (Wildman–Crippen MR) is 67.3 cm³/mol. The molecule has 1 amide bonds. The number of unbranched alkanes of at least 4 members (excludes halogenated alkanes) is 2. The van der Waals surface area contributed by atoms with E-state index in [1.165, 1.54) is 0 Å². The number of hydrogen-bond acceptors (Lipinski definition) is 2. The van der Waals surface area contributed by atoms with Crippen LogP contribution in [0.4, 0.5) is 0 Å². The van der Waals surface area contributed by atoms with Gasteiger partial charge in [-0.25, -0.2) is 0 Å². The summed E-state index contributed by atoms with van der Waals surface area (Å²) in [4.78, 5) is 11.5. The van der Waals surface area contributed by atoms with Gasteiger partial charge in [0, 0.05) is 18.4 Å². The molecule has 3 heteroatoms. The second-order valence-electron chi connectivity index (χ2n) is 4.60. The molecule has 96 valence electrons. The molecule has 3 nitrogen and oxygen atoms in total. The summed E-state index contributed by atoms with van der Waals surface area (Å²) in [5, 5.41) is 12.3. The molecular weight excluding hydrogens is 202 g/mol. The minimum absolute atomic E-state index is 0.119. The summed E-state index contributed by atoms with van der Waals surface area (Å²) in [6.07, 6.45) is 5.62. The Balaban J connectivity index is 3.87. The molecule has 0 rings (SSSR count). The van der Waals surface area contributed by atoms with E-state index in [-0.39, 0.29) is 17.9 Å². The molecule has 0 spiro atoms. The highest BCUT2D eigenvalue weighted by Gasteiger charge is 2.25. The number of hydrogen-bond donors (Lipinski definition) is 2. The van der Waals surface area contributed by atoms with Crippen molar-refractivity contribution < 1.29 is 9.90 Å². The van der Waals surface area contributed by atoms with Crippen LogP contribution in [0.15, 0.2) is 0 Å². The highest BCUT2D eigenvalue weighted by molar-refractivity contribution is 5.75. The van der Waals surface area contributed by atoms with Gasteiger partial charge in [0.15, 0.2) is 0 Å². The minimum Gasteiger partial charge on any atom is -0.396 e. The molecule has 0 aromatic rings. The average molecular weight is 229 g/mol. The van der Waals surface area contributed by atoms with Crippen molar-refractivity contribution in [1.29, 1.82) is 0 Å². The van der Waals surface area contributed by atoms with Gasteiger partial charge in [0.2, 0.25) is 5.91 Å². The zero-order valence-corrected chi connectivity index (χ0v) is 11.0. The third-order valence-corrected chi connectivity index (χ3v) is 3.50. The molecule has 0 bridgehead atoms. The summed E-state index contributed by atoms with van der Waals surface area (Å²) in [5.41, 5.74) is -0.125. The van der Waals surface area contributed by atoms with Crippen molar-refractivity contribution in [3.63, 3.8) is 0 Å². The average Bonchev–Trinajstić information content (AvgIpc) is 2.32. The van der Waals surface area contributed by atoms with Gasteiger partial charge in [0.05, 0.1) is 6.61 Å². The van der Waals surface area contributed by atoms with Gasteiger partial charge >= 0.3 is 0 Å². The second kappa shape index (κ2) is 8.57. The van der Waals surface area contributed by atoms with Crippen molar-refractivity contribution in [2.75, 3.05) is 13.2 Å². The number of aliphatic hydroxyl groups excluding tert-OH is 1. The van der Waals surface area contributed by atoms with Crippen LogP contribution in [0, 0.1) is 5.41 Å². The molecule has 0 aliphatic heterocycles. The maximum Gasteiger partial charge on any atom is 0.220 e. The van der Waals surface area contributed by atoms with Gasteiger partial charge in [-0.15, -0.1) is 0 Å². The van der Waals surface area contributed by atoms with Crippen LogP contribution < -0.4 is 5.32 Å². The van der Waals surface area contributed by atoms with Gasteiger partial charge in [-0.1, -0.05) is 33.6 Å². The van der Waals surface area contributed by atoms with E-state index in [9.17, 15) is 9.90 Å². The topological polar surface area (TPSA) is 49.3 Å². The Morgan fingerprint density at radius 2 is 1.81 bits per heavy atom. The molecule has 0 radical (unpaired) electrons. The molecule has 0 aliphatic rings. The van der Waals surface area contributed by atoms with Gasteiger partial charge in [0.25, 0.3) is 0 Å². The van der Waals surface area contributed by atoms with Crippen molar-refractivity contribution in [3.8, 4) is 0 Å². The van der Waals surface area contributed by atoms with Crippen molar-refractivity contribution in [1.82, 2.24) is 5.32 Å². The van der Waals surface area contributed by atoms with E-state index in [1.54, 1.807) is 0 Å². The van der Waals surface area contributed by atoms with Crippen molar-refractivity contribution in [3.05, 3.63) is 0 Å². The molecular formula is C13H27NO2. The van der Waals surface area contributed by atoms with E-state index < -0.39 is 0 Å². The first-order chi connectivity index (χ1) is 7.64. The van der Waals surface area contributed by atoms with Gasteiger partial charge in [-0.05, 0) is 19.3 Å². The molecule has 0 saturated heterocycles. The van der Waals surface area contributed by atoms with Gasteiger partial charge < -0.3 is 10.4 Å². The highest BCUT2D eigenvalue weighted by Crippen LogP contribution is 2.24. The first kappa shape index (κ1) is 15.4. The molecule has 0 atom stereocenters. The van der Waals surface area contributed by atoms with Crippen LogP contribution in [-0.2, 0) is 4.79 Å². The van der Waals surface area contributed by atoms with Crippen molar-refractivity contribution in [2.45, 2.75) is 59.3 Å². The molecule has 0 unspecified atom stereocenters. The number of nitrogens with one attached hydrogen (secondary N) is 1. The normalized spacial score (nSPS) is 11.5. The fraction of sp³-hybridized carbons (Fsp3) is 0.923. The second-order valence-corrected chi connectivity index (χ2v) is 4.60. The number of carbonyl (C=O) groups excluding carboxylic acids is 1. The lowest BCUT2D eigenvalue weighted by atomic mass is 9.83. The summed E-state index contributed by atoms with van der Waals surface area (Å²) in [6, 6.07) is 0. The Morgan fingerprint density at radius 3 is 2.25 bits per heavy atom. The Morgan fingerprint density at radius 1 is 1.19 bits per heavy atom. The van der Waals surface area contributed by atoms with Gasteiger partial charge in [-0.3, -0.25) is 4.79 Å². The first-order valence-electron chi connectivity index (χ1n) is 6.51. The fourth-order valence-corrected chi connectivity index (χ4v) is 1.69. The van der Waals surface area contributed by atoms with Crippen LogP contribution in [0.3, 0.4) is 0 Å². The number of carbonyl (C=O) groups is 1. The van der Waals surface area contributed by atoms with Crippen LogP contribution in [0.25, 0.3) is 0 Å². The van der Waals surface area contributed by atoms with E-state index >= 15 is 0 Å². The molecule has 0 aliphatic carbocycles. The molecule has 0 aromatic heterocycles. The van der Waals surface area contributed by atoms with Crippen LogP contribution in [0.1, 0.15) is 59.3 Å². The van der Waals surface area contributed by atoms with Crippen molar-refractivity contribution in [2.24, 2.45) is 5.41 Å². The van der Waals surface area contributed by atoms with Gasteiger partial charge in [-0.2, -0.15) is 0 Å². The third-order valence-electron chi connectivity index (χ3n) is 3.50. The largest absolute Gasteiger partial charge is 0.396 e. The lowest BCUT2D eigenvalue weighted by Crippen LogP contribution is -2.39. The van der Waals surface area contributed by atoms with Crippen LogP contribution in [0.5, 0.6) is 0 Å². The Labute approximate surface area is 99.6 Å². The summed E-state index contributed by atoms with van der Waals surface area (Å²) in [5.74, 6) is 0.119. The predicted octanol–water partition coefficient (Wildman–Crippen LogP) is 2.48. The maximum absolute atomic E-state index is 11.5. The van der Waals surface area contributed by atoms with Crippen LogP contribution in [-0.4, -0.2) is 24.2 Å². The summed E-state index contributed by atoms with van der Waals surface area (Å²) in [6.45, 7) is 6.99. The number of rotatable bonds is 9. The van der Waals surface area contributed by atoms with E-state index in [2.05, 4.69) is 26.1 Å². The maximum atomic E-state index is 11.5. The zero-order valence-electron chi connectivity index (χ0n) is 11.0. The van der Waals surface area contributed by atoms with Crippen LogP contribution in [0.2, 0.25) is 0 Å². The quantitative estimate of drug-likeness (QED) is 0.597. The molecule has 0 saturated carbocycles. The fourth-order valence-electron chi connectivity index (χ4n) is 1.69.